The summed E-state index contributed by atoms with van der Waals surface area (Å²) in [5.41, 5.74) is 1.81. The molecule has 0 aromatic heterocycles. The lowest BCUT2D eigenvalue weighted by Crippen LogP contribution is -2.04. The van der Waals surface area contributed by atoms with Crippen LogP contribution in [0.4, 0.5) is 0 Å². The van der Waals surface area contributed by atoms with E-state index in [9.17, 15) is 0 Å². The van der Waals surface area contributed by atoms with E-state index in [1.807, 2.05) is 26.8 Å². The summed E-state index contributed by atoms with van der Waals surface area (Å²) in [7, 11) is 0. The number of hydrogen-bond donors (Lipinski definition) is 0. The van der Waals surface area contributed by atoms with Gasteiger partial charge in [-0.25, -0.2) is 0 Å². The van der Waals surface area contributed by atoms with E-state index in [1.54, 1.807) is 12.1 Å². The van der Waals surface area contributed by atoms with Crippen molar-refractivity contribution in [1.82, 2.24) is 0 Å². The number of hydrogen-bond acceptors (Lipinski definition) is 5. The average molecular weight is 453 g/mol. The molecule has 0 amide bonds. The van der Waals surface area contributed by atoms with Crippen molar-refractivity contribution in [3.8, 4) is 11.5 Å². The maximum absolute atomic E-state index is 6.31. The van der Waals surface area contributed by atoms with Gasteiger partial charge in [-0.1, -0.05) is 40.0 Å². The molecule has 0 spiro atoms. The van der Waals surface area contributed by atoms with Crippen LogP contribution in [-0.2, 0) is 9.57 Å². The zero-order chi connectivity index (χ0) is 20.8. The molecule has 5 nitrogen and oxygen atoms in total. The first-order valence-electron chi connectivity index (χ1n) is 9.18. The Hall–Kier alpha value is -1.14. The predicted octanol–water partition coefficient (Wildman–Crippen LogP) is 6.32. The van der Waals surface area contributed by atoms with Crippen LogP contribution in [0.3, 0.4) is 0 Å². The lowest BCUT2D eigenvalue weighted by atomic mass is 10.2. The Balaban J connectivity index is 2.19. The maximum atomic E-state index is 6.31. The third-order valence-electron chi connectivity index (χ3n) is 3.44. The topological polar surface area (TPSA) is 49.3 Å². The number of oxime groups is 1. The molecule has 28 heavy (non-hydrogen) atoms. The summed E-state index contributed by atoms with van der Waals surface area (Å²) >= 11 is 17.4. The van der Waals surface area contributed by atoms with E-state index in [-0.39, 0.29) is 11.1 Å². The molecule has 8 heteroatoms. The van der Waals surface area contributed by atoms with Crippen molar-refractivity contribution in [3.63, 3.8) is 0 Å². The fraction of sp³-hybridized carbons (Fsp3) is 0.550. The number of nitrogens with zero attached hydrogens (tertiary/aromatic N) is 1. The van der Waals surface area contributed by atoms with Gasteiger partial charge in [-0.15, -0.1) is 0 Å². The fourth-order valence-corrected chi connectivity index (χ4v) is 2.63. The number of ether oxygens (including phenoxy) is 3. The van der Waals surface area contributed by atoms with Gasteiger partial charge in [-0.2, -0.15) is 0 Å². The molecule has 0 heterocycles. The normalized spacial score (nSPS) is 10.4. The second-order valence-electron chi connectivity index (χ2n) is 6.25. The minimum atomic E-state index is 0.169. The molecule has 1 aromatic carbocycles. The lowest BCUT2D eigenvalue weighted by molar-refractivity contribution is 0.0488. The maximum Gasteiger partial charge on any atom is 0.141 e. The molecule has 0 bridgehead atoms. The fourth-order valence-electron chi connectivity index (χ4n) is 2.20. The van der Waals surface area contributed by atoms with Crippen LogP contribution in [-0.4, -0.2) is 38.7 Å². The molecule has 0 saturated carbocycles. The van der Waals surface area contributed by atoms with Crippen molar-refractivity contribution < 1.29 is 19.0 Å². The largest absolute Gasteiger partial charge is 0.492 e. The number of halogens is 3. The van der Waals surface area contributed by atoms with E-state index in [2.05, 4.69) is 5.16 Å². The number of rotatable bonds is 14. The molecule has 0 fully saturated rings. The van der Waals surface area contributed by atoms with Gasteiger partial charge in [0.05, 0.1) is 23.9 Å². The van der Waals surface area contributed by atoms with Crippen molar-refractivity contribution in [2.45, 2.75) is 40.0 Å². The molecule has 0 N–H and O–H groups in total. The average Bonchev–Trinajstić information content (AvgIpc) is 2.61. The van der Waals surface area contributed by atoms with Gasteiger partial charge < -0.3 is 19.0 Å². The van der Waals surface area contributed by atoms with E-state index < -0.39 is 0 Å². The van der Waals surface area contributed by atoms with Crippen LogP contribution in [0.25, 0.3) is 0 Å². The molecular formula is C20H28Cl3NO4. The summed E-state index contributed by atoms with van der Waals surface area (Å²) in [6, 6.07) is 3.59. The van der Waals surface area contributed by atoms with Gasteiger partial charge in [0.1, 0.15) is 29.2 Å². The second kappa shape index (κ2) is 14.8. The van der Waals surface area contributed by atoms with Crippen molar-refractivity contribution >= 4 is 40.5 Å². The molecule has 0 saturated heterocycles. The van der Waals surface area contributed by atoms with Crippen molar-refractivity contribution in [2.75, 3.05) is 33.0 Å². The highest BCUT2D eigenvalue weighted by Gasteiger charge is 2.09. The summed E-state index contributed by atoms with van der Waals surface area (Å²) in [6.07, 6.45) is 4.46. The standard InChI is InChI=1S/C20H28Cl3NO4/c1-15(2)24-28-12-11-25-8-5-4-6-9-27-20-16(3)13-17(14-18(20)21)26-10-7-19(22)23/h7,13-14H,4-6,8-12H2,1-3H3. The summed E-state index contributed by atoms with van der Waals surface area (Å²) in [6.45, 7) is 8.29. The lowest BCUT2D eigenvalue weighted by Gasteiger charge is -2.13. The molecule has 1 aromatic rings. The summed E-state index contributed by atoms with van der Waals surface area (Å²) in [4.78, 5) is 5.06. The van der Waals surface area contributed by atoms with Crippen molar-refractivity contribution in [2.24, 2.45) is 5.16 Å². The molecular weight excluding hydrogens is 425 g/mol. The number of aryl methyl sites for hydroxylation is 1. The minimum absolute atomic E-state index is 0.169. The first-order valence-corrected chi connectivity index (χ1v) is 10.3. The Morgan fingerprint density at radius 2 is 1.75 bits per heavy atom. The van der Waals surface area contributed by atoms with Gasteiger partial charge in [0.25, 0.3) is 0 Å². The van der Waals surface area contributed by atoms with Gasteiger partial charge >= 0.3 is 0 Å². The third-order valence-corrected chi connectivity index (χ3v) is 4.03. The second-order valence-corrected chi connectivity index (χ2v) is 7.66. The quantitative estimate of drug-likeness (QED) is 0.188. The molecule has 158 valence electrons. The highest BCUT2D eigenvalue weighted by molar-refractivity contribution is 6.55. The molecule has 1 rings (SSSR count). The van der Waals surface area contributed by atoms with E-state index in [1.165, 1.54) is 0 Å². The molecule has 0 aliphatic rings. The van der Waals surface area contributed by atoms with Crippen LogP contribution in [0, 0.1) is 6.92 Å². The first kappa shape index (κ1) is 24.9. The molecule has 0 aliphatic carbocycles. The van der Waals surface area contributed by atoms with Crippen LogP contribution in [0.1, 0.15) is 38.7 Å². The zero-order valence-electron chi connectivity index (χ0n) is 16.6. The zero-order valence-corrected chi connectivity index (χ0v) is 18.9. The summed E-state index contributed by atoms with van der Waals surface area (Å²) in [5.74, 6) is 1.32. The van der Waals surface area contributed by atoms with E-state index in [0.29, 0.717) is 42.9 Å². The smallest absolute Gasteiger partial charge is 0.141 e. The van der Waals surface area contributed by atoms with E-state index >= 15 is 0 Å². The van der Waals surface area contributed by atoms with Gasteiger partial charge in [0.15, 0.2) is 0 Å². The Kier molecular flexibility index (Phi) is 13.2. The minimum Gasteiger partial charge on any atom is -0.492 e. The number of unbranched alkanes of at least 4 members (excludes halogenated alkanes) is 2. The predicted molar refractivity (Wildman–Crippen MR) is 116 cm³/mol. The first-order chi connectivity index (χ1) is 13.4. The van der Waals surface area contributed by atoms with E-state index in [0.717, 1.165) is 30.5 Å². The monoisotopic (exact) mass is 451 g/mol. The number of benzene rings is 1. The summed E-state index contributed by atoms with van der Waals surface area (Å²) < 4.78 is 17.0. The van der Waals surface area contributed by atoms with Crippen LogP contribution in [0.2, 0.25) is 5.02 Å². The van der Waals surface area contributed by atoms with E-state index in [4.69, 9.17) is 53.9 Å². The van der Waals surface area contributed by atoms with Crippen LogP contribution < -0.4 is 9.47 Å². The Bertz CT molecular complexity index is 619. The Labute approximate surface area is 182 Å². The molecule has 0 atom stereocenters. The Morgan fingerprint density at radius 3 is 2.43 bits per heavy atom. The SMILES string of the molecule is CC(C)=NOCCOCCCCCOc1c(C)cc(OCC=C(Cl)Cl)cc1Cl. The van der Waals surface area contributed by atoms with Gasteiger partial charge in [0, 0.05) is 12.7 Å². The summed E-state index contributed by atoms with van der Waals surface area (Å²) in [5, 5.41) is 4.36. The molecule has 0 radical (unpaired) electrons. The highest BCUT2D eigenvalue weighted by atomic mass is 35.5. The van der Waals surface area contributed by atoms with Crippen LogP contribution in [0.15, 0.2) is 27.9 Å². The van der Waals surface area contributed by atoms with Gasteiger partial charge in [0.2, 0.25) is 0 Å². The Morgan fingerprint density at radius 1 is 1.00 bits per heavy atom. The highest BCUT2D eigenvalue weighted by Crippen LogP contribution is 2.33. The van der Waals surface area contributed by atoms with Crippen molar-refractivity contribution in [3.05, 3.63) is 33.3 Å². The van der Waals surface area contributed by atoms with Crippen molar-refractivity contribution in [1.29, 1.82) is 0 Å². The molecule has 0 aliphatic heterocycles. The van der Waals surface area contributed by atoms with Gasteiger partial charge in [-0.3, -0.25) is 0 Å². The van der Waals surface area contributed by atoms with Crippen LogP contribution >= 0.6 is 34.8 Å². The molecule has 0 unspecified atom stereocenters. The van der Waals surface area contributed by atoms with Crippen LogP contribution in [0.5, 0.6) is 11.5 Å². The third kappa shape index (κ3) is 11.6. The van der Waals surface area contributed by atoms with Gasteiger partial charge in [-0.05, 0) is 57.7 Å².